The molecule has 0 aliphatic carbocycles. The normalized spacial score (nSPS) is 9.40. The molecule has 76 valence electrons. The molecule has 0 aliphatic rings. The molecule has 1 rings (SSSR count). The average molecular weight is 222 g/mol. The molecular weight excluding hydrogens is 214 g/mol. The van der Waals surface area contributed by atoms with E-state index < -0.39 is 0 Å². The van der Waals surface area contributed by atoms with Crippen LogP contribution in [0.5, 0.6) is 0 Å². The van der Waals surface area contributed by atoms with E-state index in [1.165, 1.54) is 6.07 Å². The van der Waals surface area contributed by atoms with Crippen LogP contribution in [0.2, 0.25) is 0 Å². The van der Waals surface area contributed by atoms with E-state index in [9.17, 15) is 9.59 Å². The molecule has 0 saturated carbocycles. The van der Waals surface area contributed by atoms with E-state index in [0.29, 0.717) is 23.0 Å². The second-order valence-electron chi connectivity index (χ2n) is 3.04. The molecule has 3 nitrogen and oxygen atoms in total. The first-order valence-corrected chi connectivity index (χ1v) is 4.76. The Balaban J connectivity index is 3.45. The van der Waals surface area contributed by atoms with Crippen LogP contribution in [0.4, 0.5) is 0 Å². The average Bonchev–Trinajstić information content (AvgIpc) is 2.26. The summed E-state index contributed by atoms with van der Waals surface area (Å²) in [6.07, 6.45) is 0.563. The molecule has 4 heteroatoms. The Morgan fingerprint density at radius 2 is 2.27 bits per heavy atom. The highest BCUT2D eigenvalue weighted by Crippen LogP contribution is 2.16. The number of nitriles is 1. The summed E-state index contributed by atoms with van der Waals surface area (Å²) in [5, 5.41) is 8.69. The smallest absolute Gasteiger partial charge is 0.178 e. The number of Topliss-reactive ketones (excluding diaryl/α,β-unsaturated/α-hetero) is 1. The van der Waals surface area contributed by atoms with Crippen molar-refractivity contribution in [2.45, 2.75) is 6.92 Å². The van der Waals surface area contributed by atoms with Crippen LogP contribution in [0.3, 0.4) is 0 Å². The van der Waals surface area contributed by atoms with Crippen LogP contribution in [0.15, 0.2) is 12.1 Å². The number of hydrogen-bond donors (Lipinski definition) is 0. The zero-order valence-electron chi connectivity index (χ0n) is 8.08. The highest BCUT2D eigenvalue weighted by atomic mass is 35.5. The van der Waals surface area contributed by atoms with Crippen molar-refractivity contribution in [1.29, 1.82) is 5.26 Å². The minimum absolute atomic E-state index is 0.173. The molecule has 0 spiro atoms. The summed E-state index contributed by atoms with van der Waals surface area (Å²) in [4.78, 5) is 22.2. The first-order chi connectivity index (χ1) is 7.13. The molecule has 0 radical (unpaired) electrons. The van der Waals surface area contributed by atoms with Crippen molar-refractivity contribution >= 4 is 23.7 Å². The number of halogens is 1. The fourth-order valence-corrected chi connectivity index (χ4v) is 1.55. The topological polar surface area (TPSA) is 57.9 Å². The van der Waals surface area contributed by atoms with Crippen LogP contribution < -0.4 is 0 Å². The SMILES string of the molecule is Cc1cc(C#N)cc(C=O)c1C(=O)CCl. The molecule has 0 atom stereocenters. The van der Waals surface area contributed by atoms with Crippen molar-refractivity contribution in [2.75, 3.05) is 5.88 Å². The Morgan fingerprint density at radius 3 is 2.73 bits per heavy atom. The fourth-order valence-electron chi connectivity index (χ4n) is 1.42. The molecule has 0 heterocycles. The van der Waals surface area contributed by atoms with Gasteiger partial charge < -0.3 is 0 Å². The van der Waals surface area contributed by atoms with Crippen molar-refractivity contribution in [3.63, 3.8) is 0 Å². The molecule has 1 aromatic carbocycles. The first kappa shape index (κ1) is 11.4. The van der Waals surface area contributed by atoms with Crippen molar-refractivity contribution in [1.82, 2.24) is 0 Å². The van der Waals surface area contributed by atoms with E-state index in [0.717, 1.165) is 0 Å². The first-order valence-electron chi connectivity index (χ1n) is 4.23. The molecule has 0 N–H and O–H groups in total. The monoisotopic (exact) mass is 221 g/mol. The Kier molecular flexibility index (Phi) is 3.59. The maximum atomic E-state index is 11.4. The van der Waals surface area contributed by atoms with Crippen molar-refractivity contribution in [3.05, 3.63) is 34.4 Å². The predicted molar refractivity (Wildman–Crippen MR) is 56.3 cm³/mol. The largest absolute Gasteiger partial charge is 0.298 e. The van der Waals surface area contributed by atoms with Gasteiger partial charge in [-0.25, -0.2) is 0 Å². The van der Waals surface area contributed by atoms with E-state index in [4.69, 9.17) is 16.9 Å². The number of aryl methyl sites for hydroxylation is 1. The molecule has 0 amide bonds. The second kappa shape index (κ2) is 4.72. The van der Waals surface area contributed by atoms with E-state index >= 15 is 0 Å². The molecular formula is C11H8ClNO2. The number of aldehydes is 1. The molecule has 0 saturated heterocycles. The van der Waals surface area contributed by atoms with Crippen LogP contribution in [-0.2, 0) is 0 Å². The highest BCUT2D eigenvalue weighted by molar-refractivity contribution is 6.31. The van der Waals surface area contributed by atoms with E-state index in [1.54, 1.807) is 13.0 Å². The number of rotatable bonds is 3. The summed E-state index contributed by atoms with van der Waals surface area (Å²) in [5.41, 5.74) is 1.48. The number of alkyl halides is 1. The van der Waals surface area contributed by atoms with Gasteiger partial charge >= 0.3 is 0 Å². The van der Waals surface area contributed by atoms with Gasteiger partial charge in [-0.1, -0.05) is 0 Å². The van der Waals surface area contributed by atoms with Crippen LogP contribution in [0.25, 0.3) is 0 Å². The predicted octanol–water partition coefficient (Wildman–Crippen LogP) is 2.10. The van der Waals surface area contributed by atoms with Gasteiger partial charge in [0.1, 0.15) is 0 Å². The summed E-state index contributed by atoms with van der Waals surface area (Å²) in [7, 11) is 0. The summed E-state index contributed by atoms with van der Waals surface area (Å²) in [5.74, 6) is -0.478. The van der Waals surface area contributed by atoms with Gasteiger partial charge in [0.05, 0.1) is 17.5 Å². The van der Waals surface area contributed by atoms with Crippen LogP contribution >= 0.6 is 11.6 Å². The lowest BCUT2D eigenvalue weighted by atomic mass is 9.97. The van der Waals surface area contributed by atoms with E-state index in [1.807, 2.05) is 6.07 Å². The zero-order valence-corrected chi connectivity index (χ0v) is 8.84. The summed E-state index contributed by atoms with van der Waals surface area (Å²) in [6, 6.07) is 4.87. The van der Waals surface area contributed by atoms with Crippen molar-refractivity contribution in [2.24, 2.45) is 0 Å². The zero-order chi connectivity index (χ0) is 11.4. The van der Waals surface area contributed by atoms with Gasteiger partial charge in [-0.05, 0) is 24.6 Å². The quantitative estimate of drug-likeness (QED) is 0.446. The minimum Gasteiger partial charge on any atom is -0.298 e. The Hall–Kier alpha value is -1.66. The van der Waals surface area contributed by atoms with Crippen LogP contribution in [0.1, 0.15) is 31.8 Å². The molecule has 0 aliphatic heterocycles. The van der Waals surface area contributed by atoms with Gasteiger partial charge in [0.2, 0.25) is 0 Å². The third-order valence-electron chi connectivity index (χ3n) is 2.02. The number of benzene rings is 1. The molecule has 1 aromatic rings. The highest BCUT2D eigenvalue weighted by Gasteiger charge is 2.14. The van der Waals surface area contributed by atoms with Gasteiger partial charge in [-0.15, -0.1) is 11.6 Å². The van der Waals surface area contributed by atoms with Gasteiger partial charge in [-0.2, -0.15) is 5.26 Å². The van der Waals surface area contributed by atoms with E-state index in [2.05, 4.69) is 0 Å². The second-order valence-corrected chi connectivity index (χ2v) is 3.31. The molecule has 0 bridgehead atoms. The Labute approximate surface area is 92.3 Å². The van der Waals surface area contributed by atoms with Crippen molar-refractivity contribution < 1.29 is 9.59 Å². The van der Waals surface area contributed by atoms with Crippen molar-refractivity contribution in [3.8, 4) is 6.07 Å². The minimum atomic E-state index is -0.305. The molecule has 0 aromatic heterocycles. The molecule has 15 heavy (non-hydrogen) atoms. The molecule has 0 fully saturated rings. The Morgan fingerprint density at radius 1 is 1.60 bits per heavy atom. The lowest BCUT2D eigenvalue weighted by Gasteiger charge is -2.06. The number of nitrogens with zero attached hydrogens (tertiary/aromatic N) is 1. The number of carbonyl (C=O) groups excluding carboxylic acids is 2. The van der Waals surface area contributed by atoms with Gasteiger partial charge in [-0.3, -0.25) is 9.59 Å². The lowest BCUT2D eigenvalue weighted by molar-refractivity contribution is 0.101. The maximum absolute atomic E-state index is 11.4. The fraction of sp³-hybridized carbons (Fsp3) is 0.182. The number of carbonyl (C=O) groups is 2. The standard InChI is InChI=1S/C11H8ClNO2/c1-7-2-8(5-13)3-9(6-14)11(7)10(15)4-12/h2-3,6H,4H2,1H3. The van der Waals surface area contributed by atoms with E-state index in [-0.39, 0.29) is 17.2 Å². The third kappa shape index (κ3) is 2.23. The summed E-state index contributed by atoms with van der Waals surface area (Å²) in [6.45, 7) is 1.67. The van der Waals surface area contributed by atoms with Crippen LogP contribution in [-0.4, -0.2) is 17.9 Å². The summed E-state index contributed by atoms with van der Waals surface area (Å²) < 4.78 is 0. The number of ketones is 1. The third-order valence-corrected chi connectivity index (χ3v) is 2.27. The van der Waals surface area contributed by atoms with Crippen LogP contribution in [0, 0.1) is 18.3 Å². The van der Waals surface area contributed by atoms with Gasteiger partial charge in [0.25, 0.3) is 0 Å². The van der Waals surface area contributed by atoms with Gasteiger partial charge in [0, 0.05) is 11.1 Å². The summed E-state index contributed by atoms with van der Waals surface area (Å²) >= 11 is 5.43. The lowest BCUT2D eigenvalue weighted by Crippen LogP contribution is -2.08. The van der Waals surface area contributed by atoms with Gasteiger partial charge in [0.15, 0.2) is 12.1 Å². The maximum Gasteiger partial charge on any atom is 0.178 e. The number of hydrogen-bond acceptors (Lipinski definition) is 3. The Bertz CT molecular complexity index is 460. The molecule has 0 unspecified atom stereocenters.